The van der Waals surface area contributed by atoms with Crippen LogP contribution in [0.5, 0.6) is 0 Å². The second kappa shape index (κ2) is 6.66. The van der Waals surface area contributed by atoms with Gasteiger partial charge in [-0.1, -0.05) is 12.2 Å². The van der Waals surface area contributed by atoms with E-state index >= 15 is 0 Å². The lowest BCUT2D eigenvalue weighted by molar-refractivity contribution is -0.125. The van der Waals surface area contributed by atoms with Gasteiger partial charge in [-0.15, -0.1) is 13.2 Å². The molecule has 108 valence electrons. The molecule has 2 saturated heterocycles. The van der Waals surface area contributed by atoms with Gasteiger partial charge < -0.3 is 19.7 Å². The van der Waals surface area contributed by atoms with E-state index in [4.69, 9.17) is 9.47 Å². The summed E-state index contributed by atoms with van der Waals surface area (Å²) in [6.07, 6.45) is 5.72. The molecule has 0 spiro atoms. The highest BCUT2D eigenvalue weighted by molar-refractivity contribution is 4.91. The summed E-state index contributed by atoms with van der Waals surface area (Å²) < 4.78 is 11.7. The van der Waals surface area contributed by atoms with Gasteiger partial charge in [0.15, 0.2) is 0 Å². The van der Waals surface area contributed by atoms with Crippen molar-refractivity contribution in [1.82, 2.24) is 0 Å². The lowest BCUT2D eigenvalue weighted by Crippen LogP contribution is -2.41. The van der Waals surface area contributed by atoms with E-state index in [1.165, 1.54) is 0 Å². The molecule has 0 aromatic carbocycles. The van der Waals surface area contributed by atoms with Gasteiger partial charge in [0.05, 0.1) is 36.6 Å². The van der Waals surface area contributed by atoms with E-state index in [-0.39, 0.29) is 36.6 Å². The van der Waals surface area contributed by atoms with Crippen molar-refractivity contribution in [2.45, 2.75) is 68.7 Å². The standard InChI is InChI=1S/C15H24O4/c1-3-12-5-10(16)7-14(18-12)9-15-8-11(17)6-13(4-2)19-15/h3-4,10-17H,1-2,5-9H2/t10-,11+,12-,13-,14+,15-/m0/s1. The largest absolute Gasteiger partial charge is 0.393 e. The van der Waals surface area contributed by atoms with Crippen LogP contribution in [0.25, 0.3) is 0 Å². The third kappa shape index (κ3) is 4.14. The third-order valence-corrected chi connectivity index (χ3v) is 3.86. The quantitative estimate of drug-likeness (QED) is 0.760. The first-order valence-electron chi connectivity index (χ1n) is 7.02. The molecule has 6 atom stereocenters. The zero-order chi connectivity index (χ0) is 13.8. The van der Waals surface area contributed by atoms with Gasteiger partial charge in [0.2, 0.25) is 0 Å². The summed E-state index contributed by atoms with van der Waals surface area (Å²) in [6.45, 7) is 7.43. The van der Waals surface area contributed by atoms with Crippen molar-refractivity contribution in [3.05, 3.63) is 25.3 Å². The van der Waals surface area contributed by atoms with E-state index in [1.54, 1.807) is 12.2 Å². The van der Waals surface area contributed by atoms with Crippen molar-refractivity contribution in [2.75, 3.05) is 0 Å². The molecule has 2 aliphatic heterocycles. The SMILES string of the molecule is C=C[C@H]1C[C@H](O)C[C@H](C[C@@H]2C[C@H](O)C[C@H](C=C)O2)O1. The molecule has 2 aliphatic rings. The summed E-state index contributed by atoms with van der Waals surface area (Å²) in [7, 11) is 0. The maximum atomic E-state index is 9.83. The average Bonchev–Trinajstić information content (AvgIpc) is 2.37. The Hall–Kier alpha value is -0.680. The minimum absolute atomic E-state index is 0.0347. The Bertz CT molecular complexity index is 287. The molecule has 0 amide bonds. The number of aliphatic hydroxyl groups is 2. The minimum atomic E-state index is -0.342. The number of rotatable bonds is 4. The predicted octanol–water partition coefficient (Wildman–Crippen LogP) is 1.57. The molecule has 4 nitrogen and oxygen atoms in total. The highest BCUT2D eigenvalue weighted by Gasteiger charge is 2.32. The molecule has 2 fully saturated rings. The Labute approximate surface area is 114 Å². The smallest absolute Gasteiger partial charge is 0.0781 e. The molecule has 4 heteroatoms. The first-order chi connectivity index (χ1) is 9.10. The third-order valence-electron chi connectivity index (χ3n) is 3.86. The van der Waals surface area contributed by atoms with Crippen LogP contribution in [-0.2, 0) is 9.47 Å². The van der Waals surface area contributed by atoms with Gasteiger partial charge >= 0.3 is 0 Å². The van der Waals surface area contributed by atoms with Crippen molar-refractivity contribution in [3.63, 3.8) is 0 Å². The highest BCUT2D eigenvalue weighted by Crippen LogP contribution is 2.29. The minimum Gasteiger partial charge on any atom is -0.393 e. The molecule has 2 rings (SSSR count). The molecule has 0 bridgehead atoms. The van der Waals surface area contributed by atoms with Gasteiger partial charge in [-0.2, -0.15) is 0 Å². The Morgan fingerprint density at radius 3 is 1.63 bits per heavy atom. The summed E-state index contributed by atoms with van der Waals surface area (Å²) in [5, 5.41) is 19.7. The van der Waals surface area contributed by atoms with Gasteiger partial charge in [0.25, 0.3) is 0 Å². The Morgan fingerprint density at radius 1 is 0.842 bits per heavy atom. The van der Waals surface area contributed by atoms with E-state index in [2.05, 4.69) is 13.2 Å². The number of hydrogen-bond donors (Lipinski definition) is 2. The average molecular weight is 268 g/mol. The first-order valence-corrected chi connectivity index (χ1v) is 7.02. The lowest BCUT2D eigenvalue weighted by atomic mass is 9.93. The fraction of sp³-hybridized carbons (Fsp3) is 0.733. The summed E-state index contributed by atoms with van der Waals surface area (Å²) in [5.74, 6) is 0. The molecule has 0 unspecified atom stereocenters. The molecular weight excluding hydrogens is 244 g/mol. The molecule has 0 saturated carbocycles. The van der Waals surface area contributed by atoms with Gasteiger partial charge in [0.1, 0.15) is 0 Å². The van der Waals surface area contributed by atoms with Crippen molar-refractivity contribution < 1.29 is 19.7 Å². The molecule has 0 aliphatic carbocycles. The number of aliphatic hydroxyl groups excluding tert-OH is 2. The van der Waals surface area contributed by atoms with E-state index in [0.717, 1.165) is 0 Å². The van der Waals surface area contributed by atoms with Gasteiger partial charge in [0, 0.05) is 19.3 Å². The Morgan fingerprint density at radius 2 is 1.26 bits per heavy atom. The van der Waals surface area contributed by atoms with Crippen molar-refractivity contribution >= 4 is 0 Å². The van der Waals surface area contributed by atoms with Crippen molar-refractivity contribution in [1.29, 1.82) is 0 Å². The molecule has 0 aromatic rings. The summed E-state index contributed by atoms with van der Waals surface area (Å²) in [6, 6.07) is 0. The molecule has 19 heavy (non-hydrogen) atoms. The zero-order valence-electron chi connectivity index (χ0n) is 11.3. The molecule has 2 N–H and O–H groups in total. The van der Waals surface area contributed by atoms with Crippen LogP contribution in [0.15, 0.2) is 25.3 Å². The van der Waals surface area contributed by atoms with Crippen LogP contribution in [-0.4, -0.2) is 46.8 Å². The normalized spacial score (nSPS) is 43.7. The zero-order valence-corrected chi connectivity index (χ0v) is 11.3. The monoisotopic (exact) mass is 268 g/mol. The molecular formula is C15H24O4. The topological polar surface area (TPSA) is 58.9 Å². The van der Waals surface area contributed by atoms with Crippen LogP contribution in [0, 0.1) is 0 Å². The van der Waals surface area contributed by atoms with Gasteiger partial charge in [-0.25, -0.2) is 0 Å². The van der Waals surface area contributed by atoms with Crippen LogP contribution in [0.3, 0.4) is 0 Å². The maximum absolute atomic E-state index is 9.83. The van der Waals surface area contributed by atoms with Crippen LogP contribution in [0.2, 0.25) is 0 Å². The lowest BCUT2D eigenvalue weighted by Gasteiger charge is -2.37. The van der Waals surface area contributed by atoms with E-state index in [0.29, 0.717) is 32.1 Å². The second-order valence-corrected chi connectivity index (χ2v) is 5.55. The van der Waals surface area contributed by atoms with Crippen LogP contribution in [0.4, 0.5) is 0 Å². The summed E-state index contributed by atoms with van der Waals surface area (Å²) in [5.41, 5.74) is 0. The van der Waals surface area contributed by atoms with Crippen molar-refractivity contribution in [2.24, 2.45) is 0 Å². The van der Waals surface area contributed by atoms with E-state index in [9.17, 15) is 10.2 Å². The number of ether oxygens (including phenoxy) is 2. The highest BCUT2D eigenvalue weighted by atomic mass is 16.5. The van der Waals surface area contributed by atoms with Gasteiger partial charge in [-0.3, -0.25) is 0 Å². The first kappa shape index (κ1) is 14.7. The fourth-order valence-electron chi connectivity index (χ4n) is 2.95. The second-order valence-electron chi connectivity index (χ2n) is 5.55. The molecule has 0 radical (unpaired) electrons. The molecule has 0 aromatic heterocycles. The molecule has 2 heterocycles. The van der Waals surface area contributed by atoms with Gasteiger partial charge in [-0.05, 0) is 12.8 Å². The van der Waals surface area contributed by atoms with E-state index < -0.39 is 0 Å². The summed E-state index contributed by atoms with van der Waals surface area (Å²) in [4.78, 5) is 0. The van der Waals surface area contributed by atoms with E-state index in [1.807, 2.05) is 0 Å². The predicted molar refractivity (Wildman–Crippen MR) is 72.8 cm³/mol. The maximum Gasteiger partial charge on any atom is 0.0781 e. The van der Waals surface area contributed by atoms with Crippen LogP contribution >= 0.6 is 0 Å². The summed E-state index contributed by atoms with van der Waals surface area (Å²) >= 11 is 0. The van der Waals surface area contributed by atoms with Crippen LogP contribution < -0.4 is 0 Å². The van der Waals surface area contributed by atoms with Crippen molar-refractivity contribution in [3.8, 4) is 0 Å². The number of hydrogen-bond acceptors (Lipinski definition) is 4. The Balaban J connectivity index is 1.88. The Kier molecular flexibility index (Phi) is 5.16. The fourth-order valence-corrected chi connectivity index (χ4v) is 2.95. The van der Waals surface area contributed by atoms with Crippen LogP contribution in [0.1, 0.15) is 32.1 Å².